The zero-order chi connectivity index (χ0) is 60.7. The first-order chi connectivity index (χ1) is 44.9. The maximum absolute atomic E-state index is 2.51. The molecule has 17 rings (SSSR count). The van der Waals surface area contributed by atoms with E-state index in [1.165, 1.54) is 100 Å². The Bertz CT molecular complexity index is 5000. The number of nitrogens with zero attached hydrogens (tertiary/aromatic N) is 2. The van der Waals surface area contributed by atoms with E-state index >= 15 is 0 Å². The second-order valence-electron chi connectivity index (χ2n) is 25.1. The molecular formula is C89H64N2. The molecule has 0 atom stereocenters. The summed E-state index contributed by atoms with van der Waals surface area (Å²) < 4.78 is 0. The van der Waals surface area contributed by atoms with Crippen molar-refractivity contribution in [3.8, 4) is 55.6 Å². The molecule has 91 heavy (non-hydrogen) atoms. The molecule has 0 heterocycles. The largest absolute Gasteiger partial charge is 0.310 e. The van der Waals surface area contributed by atoms with Gasteiger partial charge in [0, 0.05) is 39.4 Å². The molecule has 0 bridgehead atoms. The van der Waals surface area contributed by atoms with Crippen LogP contribution in [-0.2, 0) is 16.2 Å². The van der Waals surface area contributed by atoms with Crippen molar-refractivity contribution in [3.63, 3.8) is 0 Å². The highest BCUT2D eigenvalue weighted by Crippen LogP contribution is 2.60. The Morgan fingerprint density at radius 1 is 0.198 bits per heavy atom. The Labute approximate surface area is 534 Å². The van der Waals surface area contributed by atoms with Gasteiger partial charge in [-0.25, -0.2) is 0 Å². The molecule has 0 radical (unpaired) electrons. The summed E-state index contributed by atoms with van der Waals surface area (Å²) in [6, 6.07) is 131. The van der Waals surface area contributed by atoms with Gasteiger partial charge in [0.1, 0.15) is 0 Å². The third kappa shape index (κ3) is 8.33. The maximum Gasteiger partial charge on any atom is 0.0714 e. The van der Waals surface area contributed by atoms with Crippen LogP contribution in [0.4, 0.5) is 34.1 Å². The Morgan fingerprint density at radius 3 is 1.09 bits per heavy atom. The smallest absolute Gasteiger partial charge is 0.0714 e. The van der Waals surface area contributed by atoms with E-state index in [-0.39, 0.29) is 5.41 Å². The third-order valence-corrected chi connectivity index (χ3v) is 20.0. The Balaban J connectivity index is 0.898. The molecule has 14 aromatic carbocycles. The number of hydrogen-bond acceptors (Lipinski definition) is 2. The van der Waals surface area contributed by atoms with Gasteiger partial charge in [0.25, 0.3) is 0 Å². The average molecular weight is 1160 g/mol. The molecule has 0 unspecified atom stereocenters. The van der Waals surface area contributed by atoms with Crippen LogP contribution in [0.3, 0.4) is 0 Å². The van der Waals surface area contributed by atoms with E-state index in [0.717, 1.165) is 45.3 Å². The van der Waals surface area contributed by atoms with Crippen LogP contribution in [0.5, 0.6) is 0 Å². The first-order valence-electron chi connectivity index (χ1n) is 31.8. The van der Waals surface area contributed by atoms with Gasteiger partial charge in [0.2, 0.25) is 0 Å². The number of rotatable bonds is 12. The normalized spacial score (nSPS) is 13.9. The highest BCUT2D eigenvalue weighted by atomic mass is 15.2. The van der Waals surface area contributed by atoms with Crippen LogP contribution in [0.2, 0.25) is 0 Å². The molecule has 3 aliphatic carbocycles. The topological polar surface area (TPSA) is 6.48 Å². The van der Waals surface area contributed by atoms with E-state index in [2.05, 4.69) is 375 Å². The van der Waals surface area contributed by atoms with Crippen LogP contribution in [0, 0.1) is 0 Å². The first kappa shape index (κ1) is 53.9. The van der Waals surface area contributed by atoms with Crippen molar-refractivity contribution in [1.82, 2.24) is 0 Å². The summed E-state index contributed by atoms with van der Waals surface area (Å²) in [7, 11) is 0. The maximum atomic E-state index is 2.51. The molecule has 0 fully saturated rings. The fraction of sp³-hybridized carbons (Fsp3) is 0.0562. The highest BCUT2D eigenvalue weighted by Gasteiger charge is 2.48. The number of anilines is 6. The van der Waals surface area contributed by atoms with E-state index < -0.39 is 10.8 Å². The molecule has 0 amide bonds. The molecule has 0 saturated carbocycles. The van der Waals surface area contributed by atoms with Gasteiger partial charge in [-0.2, -0.15) is 0 Å². The lowest BCUT2D eigenvalue weighted by atomic mass is 9.67. The average Bonchev–Trinajstić information content (AvgIpc) is 1.66. The molecule has 0 aliphatic heterocycles. The predicted octanol–water partition coefficient (Wildman–Crippen LogP) is 23.0. The van der Waals surface area contributed by atoms with Gasteiger partial charge in [0.05, 0.1) is 16.5 Å². The first-order valence-corrected chi connectivity index (χ1v) is 31.8. The summed E-state index contributed by atoms with van der Waals surface area (Å²) in [5.74, 6) is 0. The van der Waals surface area contributed by atoms with Crippen molar-refractivity contribution in [2.45, 2.75) is 30.1 Å². The fourth-order valence-electron chi connectivity index (χ4n) is 16.0. The molecule has 0 N–H and O–H groups in total. The van der Waals surface area contributed by atoms with Gasteiger partial charge in [-0.15, -0.1) is 0 Å². The summed E-state index contributed by atoms with van der Waals surface area (Å²) >= 11 is 0. The Kier molecular flexibility index (Phi) is 12.7. The number of fused-ring (bicyclic) bond motifs is 9. The summed E-state index contributed by atoms with van der Waals surface area (Å²) in [5.41, 5.74) is 30.0. The van der Waals surface area contributed by atoms with E-state index in [1.54, 1.807) is 0 Å². The van der Waals surface area contributed by atoms with Crippen molar-refractivity contribution < 1.29 is 0 Å². The summed E-state index contributed by atoms with van der Waals surface area (Å²) in [6.45, 7) is 4.74. The molecule has 0 spiro atoms. The minimum atomic E-state index is -0.594. The monoisotopic (exact) mass is 1160 g/mol. The van der Waals surface area contributed by atoms with Gasteiger partial charge in [-0.05, 0) is 166 Å². The molecule has 14 aromatic rings. The lowest BCUT2D eigenvalue weighted by Gasteiger charge is -2.35. The van der Waals surface area contributed by atoms with Gasteiger partial charge in [-0.1, -0.05) is 305 Å². The zero-order valence-electron chi connectivity index (χ0n) is 50.9. The van der Waals surface area contributed by atoms with Crippen LogP contribution in [-0.4, -0.2) is 0 Å². The van der Waals surface area contributed by atoms with Crippen molar-refractivity contribution >= 4 is 34.1 Å². The minimum absolute atomic E-state index is 0.158. The standard InChI is InChI=1S/C89H64N2/c1-87(2)80-44-20-15-42-76(80)78-59-71(53-55-81(78)87)90(68-36-25-35-67(57-68)89(66-33-13-6-14-34-66)82-45-21-16-40-74(82)75-41-17-22-46-83(75)89)69-37-26-38-70(58-69)91(86-48-24-19-39-73(86)63-51-49-62(50-52-63)61-27-7-3-8-28-61)72-54-56-85-79(60-72)77-43-18-23-47-84(77)88(85,64-29-9-4-10-30-64)65-31-11-5-12-32-65/h3-60H,1-2H3. The summed E-state index contributed by atoms with van der Waals surface area (Å²) in [5, 5.41) is 0. The Hall–Kier alpha value is -11.3. The van der Waals surface area contributed by atoms with E-state index in [9.17, 15) is 0 Å². The molecule has 0 aromatic heterocycles. The number of hydrogen-bond donors (Lipinski definition) is 0. The highest BCUT2D eigenvalue weighted by molar-refractivity contribution is 5.96. The van der Waals surface area contributed by atoms with Crippen LogP contribution >= 0.6 is 0 Å². The zero-order valence-corrected chi connectivity index (χ0v) is 50.9. The van der Waals surface area contributed by atoms with Gasteiger partial charge >= 0.3 is 0 Å². The number of para-hydroxylation sites is 1. The SMILES string of the molecule is CC1(C)c2ccccc2-c2cc(N(c3cccc(N(c4ccc5c(c4)-c4ccccc4C5(c4ccccc4)c4ccccc4)c4ccccc4-c4ccc(-c5ccccc5)cc4)c3)c3cccc(C4(c5ccccc5)c5ccccc5-c5ccccc54)c3)ccc21. The van der Waals surface area contributed by atoms with Crippen molar-refractivity contribution in [2.75, 3.05) is 9.80 Å². The fourth-order valence-corrected chi connectivity index (χ4v) is 16.0. The van der Waals surface area contributed by atoms with Gasteiger partial charge < -0.3 is 9.80 Å². The van der Waals surface area contributed by atoms with Crippen LogP contribution in [0.1, 0.15) is 69.5 Å². The molecule has 430 valence electrons. The van der Waals surface area contributed by atoms with Crippen molar-refractivity contribution in [2.24, 2.45) is 0 Å². The van der Waals surface area contributed by atoms with Crippen molar-refractivity contribution in [1.29, 1.82) is 0 Å². The van der Waals surface area contributed by atoms with Crippen molar-refractivity contribution in [3.05, 3.63) is 407 Å². The quantitative estimate of drug-likeness (QED) is 0.120. The molecular weight excluding hydrogens is 1100 g/mol. The third-order valence-electron chi connectivity index (χ3n) is 20.0. The van der Waals surface area contributed by atoms with Crippen LogP contribution in [0.25, 0.3) is 55.6 Å². The van der Waals surface area contributed by atoms with Crippen LogP contribution in [0.15, 0.2) is 352 Å². The summed E-state index contributed by atoms with van der Waals surface area (Å²) in [6.07, 6.45) is 0. The van der Waals surface area contributed by atoms with Gasteiger partial charge in [-0.3, -0.25) is 0 Å². The summed E-state index contributed by atoms with van der Waals surface area (Å²) in [4.78, 5) is 5.01. The van der Waals surface area contributed by atoms with E-state index in [1.807, 2.05) is 0 Å². The molecule has 3 aliphatic rings. The van der Waals surface area contributed by atoms with E-state index in [4.69, 9.17) is 0 Å². The lowest BCUT2D eigenvalue weighted by Crippen LogP contribution is -2.28. The second kappa shape index (κ2) is 21.5. The lowest BCUT2D eigenvalue weighted by molar-refractivity contribution is 0.660. The molecule has 2 heteroatoms. The second-order valence-corrected chi connectivity index (χ2v) is 25.1. The van der Waals surface area contributed by atoms with Crippen LogP contribution < -0.4 is 9.80 Å². The number of benzene rings is 14. The van der Waals surface area contributed by atoms with Gasteiger partial charge in [0.15, 0.2) is 0 Å². The Morgan fingerprint density at radius 2 is 0.527 bits per heavy atom. The molecule has 2 nitrogen and oxygen atoms in total. The molecule has 0 saturated heterocycles. The predicted molar refractivity (Wildman–Crippen MR) is 379 cm³/mol. The minimum Gasteiger partial charge on any atom is -0.310 e. The van der Waals surface area contributed by atoms with E-state index in [0.29, 0.717) is 0 Å².